The summed E-state index contributed by atoms with van der Waals surface area (Å²) >= 11 is 0. The minimum Gasteiger partial charge on any atom is -1.00 e. The van der Waals surface area contributed by atoms with E-state index in [0.29, 0.717) is 5.92 Å². The van der Waals surface area contributed by atoms with Crippen molar-refractivity contribution in [3.63, 3.8) is 0 Å². The van der Waals surface area contributed by atoms with Crippen molar-refractivity contribution < 1.29 is 51.0 Å². The van der Waals surface area contributed by atoms with E-state index in [1.165, 1.54) is 34.7 Å². The smallest absolute Gasteiger partial charge is 1.00 e. The zero-order valence-electron chi connectivity index (χ0n) is 28.5. The topological polar surface area (TPSA) is 0 Å². The van der Waals surface area contributed by atoms with Crippen LogP contribution >= 0.6 is 0 Å². The standard InChI is InChI=1S/C29H37.C9H7.C2H6Si.2ClH.Zr/c1-18-25-22-17-19-13-9-10-14-20(19)24(22)21-15-11-12-16-23(21)29(25,8)28(6,7)27(4,5)26(18,2)3;1-2-5-9-7-3-6-8(9)4-1;1-3-2;;;/h9-11,13-15,23H,12,16-17H2,1-8H3;1-7H;1-2H3;2*1H;/q2*-1;;;;+4/p-2. The van der Waals surface area contributed by atoms with Crippen LogP contribution in [0.4, 0.5) is 0 Å². The van der Waals surface area contributed by atoms with E-state index in [-0.39, 0.29) is 72.7 Å². The Morgan fingerprint density at radius 1 is 0.841 bits per heavy atom. The third kappa shape index (κ3) is 5.67. The number of hydrogen-bond donors (Lipinski definition) is 0. The van der Waals surface area contributed by atoms with Crippen molar-refractivity contribution in [2.45, 2.75) is 87.7 Å². The molecule has 0 spiro atoms. The molecule has 3 aromatic carbocycles. The first-order valence-corrected chi connectivity index (χ1v) is 17.6. The monoisotopic (exact) mass is 718 g/mol. The Morgan fingerprint density at radius 3 is 2.11 bits per heavy atom. The van der Waals surface area contributed by atoms with Gasteiger partial charge in [-0.1, -0.05) is 133 Å². The van der Waals surface area contributed by atoms with Crippen molar-refractivity contribution in [1.82, 2.24) is 0 Å². The van der Waals surface area contributed by atoms with Gasteiger partial charge < -0.3 is 24.8 Å². The van der Waals surface area contributed by atoms with Gasteiger partial charge in [-0.05, 0) is 40.6 Å². The Kier molecular flexibility index (Phi) is 12.7. The van der Waals surface area contributed by atoms with Crippen LogP contribution in [0.3, 0.4) is 0 Å². The first-order chi connectivity index (χ1) is 19.4. The zero-order chi connectivity index (χ0) is 29.8. The molecular weight excluding hydrogens is 671 g/mol. The van der Waals surface area contributed by atoms with Crippen LogP contribution in [0.25, 0.3) is 16.3 Å². The van der Waals surface area contributed by atoms with Gasteiger partial charge in [-0.25, -0.2) is 5.92 Å². The molecule has 0 aromatic heterocycles. The van der Waals surface area contributed by atoms with E-state index in [9.17, 15) is 0 Å². The minimum absolute atomic E-state index is 0. The van der Waals surface area contributed by atoms with Crippen LogP contribution in [0.1, 0.15) is 79.4 Å². The molecule has 0 N–H and O–H groups in total. The van der Waals surface area contributed by atoms with Gasteiger partial charge in [0, 0.05) is 9.52 Å². The van der Waals surface area contributed by atoms with Gasteiger partial charge >= 0.3 is 26.2 Å². The molecule has 4 aliphatic rings. The summed E-state index contributed by atoms with van der Waals surface area (Å²) < 4.78 is 0. The zero-order valence-corrected chi connectivity index (χ0v) is 33.4. The average molecular weight is 721 g/mol. The summed E-state index contributed by atoms with van der Waals surface area (Å²) in [6.45, 7) is 24.6. The Hall–Kier alpha value is -1.18. The van der Waals surface area contributed by atoms with Gasteiger partial charge in [-0.3, -0.25) is 0 Å². The van der Waals surface area contributed by atoms with E-state index in [1.807, 2.05) is 0 Å². The second kappa shape index (κ2) is 14.3. The Morgan fingerprint density at radius 2 is 1.45 bits per heavy atom. The fourth-order valence-electron chi connectivity index (χ4n) is 8.64. The van der Waals surface area contributed by atoms with Crippen LogP contribution in [0.2, 0.25) is 13.1 Å². The first kappa shape index (κ1) is 39.0. The predicted molar refractivity (Wildman–Crippen MR) is 181 cm³/mol. The molecule has 2 unspecified atom stereocenters. The number of rotatable bonds is 0. The van der Waals surface area contributed by atoms with Gasteiger partial charge in [0.05, 0.1) is 0 Å². The van der Waals surface area contributed by atoms with Crippen molar-refractivity contribution in [2.24, 2.45) is 27.6 Å². The largest absolute Gasteiger partial charge is 4.00 e. The number of benzene rings is 2. The average Bonchev–Trinajstić information content (AvgIpc) is 3.58. The maximum Gasteiger partial charge on any atom is 4.00 e. The number of allylic oxidation sites excluding steroid dienone is 6. The third-order valence-electron chi connectivity index (χ3n) is 12.3. The van der Waals surface area contributed by atoms with E-state index < -0.39 is 0 Å². The maximum absolute atomic E-state index is 2.62. The van der Waals surface area contributed by atoms with Crippen molar-refractivity contribution in [2.75, 3.05) is 0 Å². The van der Waals surface area contributed by atoms with Crippen molar-refractivity contribution >= 4 is 25.9 Å². The molecule has 0 saturated heterocycles. The van der Waals surface area contributed by atoms with Crippen LogP contribution in [0.15, 0.2) is 95.6 Å². The molecule has 3 aromatic rings. The van der Waals surface area contributed by atoms with Gasteiger partial charge in [-0.2, -0.15) is 28.7 Å². The molecule has 1 fully saturated rings. The second-order valence-corrected chi connectivity index (χ2v) is 15.4. The van der Waals surface area contributed by atoms with Gasteiger partial charge in [0.15, 0.2) is 0 Å². The molecule has 0 amide bonds. The molecule has 2 atom stereocenters. The Labute approximate surface area is 302 Å². The molecule has 0 heterocycles. The molecule has 7 rings (SSSR count). The normalized spacial score (nSPS) is 24.4. The number of halogens is 2. The molecule has 44 heavy (non-hydrogen) atoms. The molecule has 1 saturated carbocycles. The van der Waals surface area contributed by atoms with Gasteiger partial charge in [0.2, 0.25) is 0 Å². The maximum atomic E-state index is 2.62. The molecule has 0 bridgehead atoms. The van der Waals surface area contributed by atoms with Crippen molar-refractivity contribution in [1.29, 1.82) is 0 Å². The van der Waals surface area contributed by atoms with E-state index in [2.05, 4.69) is 147 Å². The van der Waals surface area contributed by atoms with Crippen molar-refractivity contribution in [3.05, 3.63) is 113 Å². The van der Waals surface area contributed by atoms with Gasteiger partial charge in [-0.15, -0.1) is 36.6 Å². The molecule has 4 aliphatic carbocycles. The predicted octanol–water partition coefficient (Wildman–Crippen LogP) is 5.32. The second-order valence-electron chi connectivity index (χ2n) is 14.4. The summed E-state index contributed by atoms with van der Waals surface area (Å²) in [5.41, 5.74) is 10.3. The molecular formula is C40H50Cl2SiZr. The van der Waals surface area contributed by atoms with Crippen LogP contribution in [-0.4, -0.2) is 9.52 Å². The molecule has 0 nitrogen and oxygen atoms in total. The fraction of sp³-hybridized carbons (Fsp3) is 0.450. The fourth-order valence-corrected chi connectivity index (χ4v) is 8.64. The number of fused-ring (bicyclic) bond motifs is 7. The van der Waals surface area contributed by atoms with Crippen LogP contribution in [-0.2, 0) is 32.6 Å². The van der Waals surface area contributed by atoms with Crippen LogP contribution in [0.5, 0.6) is 0 Å². The van der Waals surface area contributed by atoms with E-state index in [1.54, 1.807) is 28.2 Å². The van der Waals surface area contributed by atoms with Crippen LogP contribution < -0.4 is 24.8 Å². The summed E-state index contributed by atoms with van der Waals surface area (Å²) in [6.07, 6.45) is 8.50. The summed E-state index contributed by atoms with van der Waals surface area (Å²) in [6, 6.07) is 23.8. The quantitative estimate of drug-likeness (QED) is 0.218. The Bertz CT molecular complexity index is 1510. The van der Waals surface area contributed by atoms with Crippen molar-refractivity contribution in [3.8, 4) is 0 Å². The van der Waals surface area contributed by atoms with Crippen LogP contribution in [0, 0.1) is 33.5 Å². The summed E-state index contributed by atoms with van der Waals surface area (Å²) in [5.74, 6) is 2.24. The third-order valence-corrected chi connectivity index (χ3v) is 12.3. The van der Waals surface area contributed by atoms with Gasteiger partial charge in [0.25, 0.3) is 0 Å². The molecule has 232 valence electrons. The van der Waals surface area contributed by atoms with E-state index >= 15 is 0 Å². The summed E-state index contributed by atoms with van der Waals surface area (Å²) in [7, 11) is 1.08. The van der Waals surface area contributed by atoms with Gasteiger partial charge in [0.1, 0.15) is 0 Å². The molecule has 4 heteroatoms. The summed E-state index contributed by atoms with van der Waals surface area (Å²) in [5, 5.41) is 2.66. The molecule has 2 radical (unpaired) electrons. The SMILES string of the molecule is C[C-]1C2=C3Cc4ccccc4C3=C3C=CCCC3C2(C)C(C)(C)C(C)(C)C1(C)C.C[Si]C.[Cl-].[Cl-].[Zr+4].c1ccc2[cH-]ccc2c1. The molecule has 0 aliphatic heterocycles. The van der Waals surface area contributed by atoms with E-state index in [4.69, 9.17) is 0 Å². The van der Waals surface area contributed by atoms with E-state index in [0.717, 1.165) is 15.9 Å². The minimum atomic E-state index is 0. The summed E-state index contributed by atoms with van der Waals surface area (Å²) in [4.78, 5) is 0. The Balaban J connectivity index is 0.000000380. The number of hydrogen-bond acceptors (Lipinski definition) is 0. The first-order valence-electron chi connectivity index (χ1n) is 15.6.